The van der Waals surface area contributed by atoms with Crippen LogP contribution in [0.25, 0.3) is 0 Å². The van der Waals surface area contributed by atoms with Crippen LogP contribution in [-0.4, -0.2) is 70.9 Å². The SMILES string of the molecule is CN1CCN(C(=O)CCc2ccc(Nc3ncc(F)c(N[C@H]4CCC[C@H]4C(N)=O)n3)cc2)CC1. The van der Waals surface area contributed by atoms with Gasteiger partial charge in [0.25, 0.3) is 0 Å². The summed E-state index contributed by atoms with van der Waals surface area (Å²) in [6.07, 6.45) is 4.55. The third-order valence-corrected chi connectivity index (χ3v) is 6.64. The molecule has 2 aliphatic rings. The number of aryl methyl sites for hydroxylation is 1. The number of carbonyl (C=O) groups is 2. The Morgan fingerprint density at radius 3 is 2.59 bits per heavy atom. The second kappa shape index (κ2) is 10.8. The van der Waals surface area contributed by atoms with Crippen LogP contribution < -0.4 is 16.4 Å². The molecule has 1 aromatic carbocycles. The molecule has 2 heterocycles. The van der Waals surface area contributed by atoms with Gasteiger partial charge in [-0.2, -0.15) is 4.98 Å². The maximum Gasteiger partial charge on any atom is 0.229 e. The molecule has 1 saturated carbocycles. The molecule has 2 aromatic rings. The number of anilines is 3. The summed E-state index contributed by atoms with van der Waals surface area (Å²) < 4.78 is 14.3. The predicted molar refractivity (Wildman–Crippen MR) is 128 cm³/mol. The fraction of sp³-hybridized carbons (Fsp3) is 0.500. The predicted octanol–water partition coefficient (Wildman–Crippen LogP) is 2.13. The lowest BCUT2D eigenvalue weighted by Crippen LogP contribution is -2.47. The number of primary amides is 1. The lowest BCUT2D eigenvalue weighted by Gasteiger charge is -2.32. The first-order chi connectivity index (χ1) is 16.4. The zero-order valence-electron chi connectivity index (χ0n) is 19.5. The third-order valence-electron chi connectivity index (χ3n) is 6.64. The van der Waals surface area contributed by atoms with Gasteiger partial charge in [-0.25, -0.2) is 9.37 Å². The molecule has 34 heavy (non-hydrogen) atoms. The molecule has 1 aliphatic carbocycles. The highest BCUT2D eigenvalue weighted by molar-refractivity contribution is 5.78. The van der Waals surface area contributed by atoms with Gasteiger partial charge in [-0.05, 0) is 44.0 Å². The van der Waals surface area contributed by atoms with Gasteiger partial charge in [0.15, 0.2) is 11.6 Å². The van der Waals surface area contributed by atoms with Crippen molar-refractivity contribution < 1.29 is 14.0 Å². The van der Waals surface area contributed by atoms with Crippen molar-refractivity contribution in [1.82, 2.24) is 19.8 Å². The Morgan fingerprint density at radius 1 is 1.15 bits per heavy atom. The second-order valence-corrected chi connectivity index (χ2v) is 9.09. The molecule has 10 heteroatoms. The Balaban J connectivity index is 1.32. The number of likely N-dealkylation sites (N-methyl/N-ethyl adjacent to an activating group) is 1. The molecule has 182 valence electrons. The van der Waals surface area contributed by atoms with Gasteiger partial charge in [-0.15, -0.1) is 0 Å². The molecule has 1 aliphatic heterocycles. The number of halogens is 1. The minimum Gasteiger partial charge on any atom is -0.369 e. The smallest absolute Gasteiger partial charge is 0.229 e. The summed E-state index contributed by atoms with van der Waals surface area (Å²) in [4.78, 5) is 36.5. The molecule has 2 atom stereocenters. The van der Waals surface area contributed by atoms with Crippen LogP contribution in [0.15, 0.2) is 30.5 Å². The molecule has 4 rings (SSSR count). The lowest BCUT2D eigenvalue weighted by molar-refractivity contribution is -0.132. The number of piperazine rings is 1. The fourth-order valence-corrected chi connectivity index (χ4v) is 4.53. The zero-order valence-corrected chi connectivity index (χ0v) is 19.5. The first-order valence-corrected chi connectivity index (χ1v) is 11.8. The van der Waals surface area contributed by atoms with E-state index in [1.807, 2.05) is 29.2 Å². The average Bonchev–Trinajstić information content (AvgIpc) is 3.30. The van der Waals surface area contributed by atoms with Crippen LogP contribution in [-0.2, 0) is 16.0 Å². The number of hydrogen-bond donors (Lipinski definition) is 3. The number of rotatable bonds is 8. The maximum atomic E-state index is 14.3. The Kier molecular flexibility index (Phi) is 7.56. The normalized spacial score (nSPS) is 20.8. The van der Waals surface area contributed by atoms with Gasteiger partial charge >= 0.3 is 0 Å². The van der Waals surface area contributed by atoms with E-state index < -0.39 is 5.82 Å². The Labute approximate surface area is 198 Å². The standard InChI is InChI=1S/C24H32FN7O2/c1-31-11-13-32(14-12-31)21(33)10-7-16-5-8-17(9-6-16)28-24-27-15-19(25)23(30-24)29-20-4-2-3-18(20)22(26)34/h5-6,8-9,15,18,20H,2-4,7,10-14H2,1H3,(H2,26,34)(H2,27,28,29,30)/t18-,20+/m1/s1. The van der Waals surface area contributed by atoms with Gasteiger partial charge in [0.05, 0.1) is 12.1 Å². The van der Waals surface area contributed by atoms with Crippen molar-refractivity contribution in [2.75, 3.05) is 43.9 Å². The van der Waals surface area contributed by atoms with E-state index in [0.29, 0.717) is 19.3 Å². The summed E-state index contributed by atoms with van der Waals surface area (Å²) in [6.45, 7) is 3.41. The summed E-state index contributed by atoms with van der Waals surface area (Å²) in [7, 11) is 2.07. The summed E-state index contributed by atoms with van der Waals surface area (Å²) >= 11 is 0. The third kappa shape index (κ3) is 5.99. The van der Waals surface area contributed by atoms with E-state index in [-0.39, 0.29) is 35.5 Å². The maximum absolute atomic E-state index is 14.3. The molecule has 9 nitrogen and oxygen atoms in total. The van der Waals surface area contributed by atoms with Crippen LogP contribution in [0.4, 0.5) is 21.8 Å². The van der Waals surface area contributed by atoms with Crippen LogP contribution >= 0.6 is 0 Å². The number of amides is 2. The molecule has 2 amide bonds. The van der Waals surface area contributed by atoms with Gasteiger partial charge in [0.2, 0.25) is 17.8 Å². The van der Waals surface area contributed by atoms with Gasteiger partial charge in [-0.3, -0.25) is 9.59 Å². The summed E-state index contributed by atoms with van der Waals surface area (Å²) in [5.41, 5.74) is 7.28. The molecule has 0 radical (unpaired) electrons. The van der Waals surface area contributed by atoms with Crippen molar-refractivity contribution in [3.05, 3.63) is 41.8 Å². The molecule has 0 spiro atoms. The summed E-state index contributed by atoms with van der Waals surface area (Å²) in [6, 6.07) is 7.45. The van der Waals surface area contributed by atoms with Crippen molar-refractivity contribution in [3.63, 3.8) is 0 Å². The van der Waals surface area contributed by atoms with Crippen LogP contribution in [0.2, 0.25) is 0 Å². The highest BCUT2D eigenvalue weighted by atomic mass is 19.1. The van der Waals surface area contributed by atoms with Gasteiger partial charge < -0.3 is 26.2 Å². The topological polar surface area (TPSA) is 116 Å². The van der Waals surface area contributed by atoms with Crippen LogP contribution in [0.3, 0.4) is 0 Å². The highest BCUT2D eigenvalue weighted by Gasteiger charge is 2.32. The van der Waals surface area contributed by atoms with Crippen LogP contribution in [0.1, 0.15) is 31.2 Å². The van der Waals surface area contributed by atoms with E-state index in [1.165, 1.54) is 0 Å². The Morgan fingerprint density at radius 2 is 1.88 bits per heavy atom. The summed E-state index contributed by atoms with van der Waals surface area (Å²) in [5, 5.41) is 6.11. The highest BCUT2D eigenvalue weighted by Crippen LogP contribution is 2.29. The van der Waals surface area contributed by atoms with Gasteiger partial charge in [0.1, 0.15) is 0 Å². The number of nitrogens with zero attached hydrogens (tertiary/aromatic N) is 4. The molecule has 4 N–H and O–H groups in total. The van der Waals surface area contributed by atoms with E-state index >= 15 is 0 Å². The van der Waals surface area contributed by atoms with E-state index in [1.54, 1.807) is 0 Å². The number of nitrogens with one attached hydrogen (secondary N) is 2. The number of benzene rings is 1. The van der Waals surface area contributed by atoms with Crippen molar-refractivity contribution in [1.29, 1.82) is 0 Å². The van der Waals surface area contributed by atoms with E-state index in [2.05, 4.69) is 32.5 Å². The molecule has 0 bridgehead atoms. The Bertz CT molecular complexity index is 1010. The van der Waals surface area contributed by atoms with Crippen molar-refractivity contribution in [2.45, 2.75) is 38.1 Å². The first kappa shape index (κ1) is 23.9. The molecule has 1 aromatic heterocycles. The lowest BCUT2D eigenvalue weighted by atomic mass is 10.0. The van der Waals surface area contributed by atoms with Gasteiger partial charge in [-0.1, -0.05) is 18.6 Å². The minimum absolute atomic E-state index is 0.0506. The second-order valence-electron chi connectivity index (χ2n) is 9.09. The molecule has 0 unspecified atom stereocenters. The fourth-order valence-electron chi connectivity index (χ4n) is 4.53. The average molecular weight is 470 g/mol. The zero-order chi connectivity index (χ0) is 24.1. The number of carbonyl (C=O) groups excluding carboxylic acids is 2. The summed E-state index contributed by atoms with van der Waals surface area (Å²) in [5.74, 6) is -0.809. The Hall–Kier alpha value is -3.27. The van der Waals surface area contributed by atoms with Gasteiger partial charge in [0, 0.05) is 44.3 Å². The minimum atomic E-state index is -0.582. The van der Waals surface area contributed by atoms with E-state index in [0.717, 1.165) is 56.5 Å². The van der Waals surface area contributed by atoms with Crippen LogP contribution in [0, 0.1) is 11.7 Å². The van der Waals surface area contributed by atoms with Crippen LogP contribution in [0.5, 0.6) is 0 Å². The first-order valence-electron chi connectivity index (χ1n) is 11.8. The molecule has 1 saturated heterocycles. The van der Waals surface area contributed by atoms with Crippen molar-refractivity contribution in [3.8, 4) is 0 Å². The van der Waals surface area contributed by atoms with Crippen molar-refractivity contribution >= 4 is 29.3 Å². The van der Waals surface area contributed by atoms with E-state index in [9.17, 15) is 14.0 Å². The largest absolute Gasteiger partial charge is 0.369 e. The number of nitrogens with two attached hydrogens (primary N) is 1. The molecular weight excluding hydrogens is 437 g/mol. The number of aromatic nitrogens is 2. The van der Waals surface area contributed by atoms with E-state index in [4.69, 9.17) is 5.73 Å². The number of hydrogen-bond acceptors (Lipinski definition) is 7. The molecular formula is C24H32FN7O2. The van der Waals surface area contributed by atoms with Crippen molar-refractivity contribution in [2.24, 2.45) is 11.7 Å². The quantitative estimate of drug-likeness (QED) is 0.542. The monoisotopic (exact) mass is 469 g/mol. The molecule has 2 fully saturated rings.